The molecule has 0 bridgehead atoms. The highest BCUT2D eigenvalue weighted by molar-refractivity contribution is 5.61. The lowest BCUT2D eigenvalue weighted by atomic mass is 9.91. The molecule has 2 unspecified atom stereocenters. The van der Waals surface area contributed by atoms with Crippen LogP contribution in [0.5, 0.6) is 0 Å². The first-order chi connectivity index (χ1) is 9.56. The molecule has 1 saturated heterocycles. The number of nitrogens with one attached hydrogen (secondary N) is 1. The Bertz CT molecular complexity index is 444. The molecule has 1 fully saturated rings. The van der Waals surface area contributed by atoms with Crippen LogP contribution in [0.25, 0.3) is 0 Å². The summed E-state index contributed by atoms with van der Waals surface area (Å²) in [5.41, 5.74) is 1.26. The standard InChI is InChI=1S/C16H28N4/c1-6-17-15-14(11(2)3)16(19-10-18-15)20-9-7-8-12(4)13(20)5/h10-13H,6-9H2,1-5H3,(H,17,18,19). The zero-order valence-corrected chi connectivity index (χ0v) is 13.5. The Labute approximate surface area is 123 Å². The Hall–Kier alpha value is -1.32. The molecule has 2 atom stereocenters. The molecule has 0 saturated carbocycles. The van der Waals surface area contributed by atoms with E-state index in [9.17, 15) is 0 Å². The van der Waals surface area contributed by atoms with E-state index in [0.717, 1.165) is 30.6 Å². The third-order valence-corrected chi connectivity index (χ3v) is 4.43. The number of anilines is 2. The van der Waals surface area contributed by atoms with Crippen LogP contribution in [0, 0.1) is 5.92 Å². The van der Waals surface area contributed by atoms with E-state index in [1.54, 1.807) is 6.33 Å². The fourth-order valence-corrected chi connectivity index (χ4v) is 3.09. The predicted molar refractivity (Wildman–Crippen MR) is 85.5 cm³/mol. The highest BCUT2D eigenvalue weighted by Gasteiger charge is 2.29. The van der Waals surface area contributed by atoms with Crippen molar-refractivity contribution in [3.05, 3.63) is 11.9 Å². The van der Waals surface area contributed by atoms with Gasteiger partial charge < -0.3 is 10.2 Å². The maximum Gasteiger partial charge on any atom is 0.137 e. The minimum atomic E-state index is 0.421. The van der Waals surface area contributed by atoms with E-state index in [1.807, 2.05) is 0 Å². The molecule has 1 N–H and O–H groups in total. The molecular weight excluding hydrogens is 248 g/mol. The lowest BCUT2D eigenvalue weighted by molar-refractivity contribution is 0.360. The SMILES string of the molecule is CCNc1ncnc(N2CCCC(C)C2C)c1C(C)C. The van der Waals surface area contributed by atoms with E-state index in [-0.39, 0.29) is 0 Å². The second kappa shape index (κ2) is 6.42. The Kier molecular flexibility index (Phi) is 4.84. The van der Waals surface area contributed by atoms with Gasteiger partial charge in [0, 0.05) is 24.7 Å². The van der Waals surface area contributed by atoms with E-state index in [1.165, 1.54) is 18.4 Å². The number of rotatable bonds is 4. The van der Waals surface area contributed by atoms with Crippen LogP contribution >= 0.6 is 0 Å². The van der Waals surface area contributed by atoms with E-state index < -0.39 is 0 Å². The van der Waals surface area contributed by atoms with Gasteiger partial charge in [-0.2, -0.15) is 0 Å². The maximum atomic E-state index is 4.63. The second-order valence-corrected chi connectivity index (χ2v) is 6.20. The van der Waals surface area contributed by atoms with Crippen molar-refractivity contribution in [1.29, 1.82) is 0 Å². The van der Waals surface area contributed by atoms with Gasteiger partial charge in [0.25, 0.3) is 0 Å². The van der Waals surface area contributed by atoms with Crippen molar-refractivity contribution in [3.63, 3.8) is 0 Å². The van der Waals surface area contributed by atoms with Gasteiger partial charge in [0.2, 0.25) is 0 Å². The zero-order valence-electron chi connectivity index (χ0n) is 13.5. The maximum absolute atomic E-state index is 4.63. The molecule has 2 rings (SSSR count). The molecule has 0 aliphatic carbocycles. The van der Waals surface area contributed by atoms with Crippen LogP contribution in [-0.4, -0.2) is 29.1 Å². The number of piperidine rings is 1. The summed E-state index contributed by atoms with van der Waals surface area (Å²) in [6.45, 7) is 13.2. The fraction of sp³-hybridized carbons (Fsp3) is 0.750. The molecule has 20 heavy (non-hydrogen) atoms. The van der Waals surface area contributed by atoms with Gasteiger partial charge in [0.1, 0.15) is 18.0 Å². The van der Waals surface area contributed by atoms with Gasteiger partial charge in [-0.25, -0.2) is 9.97 Å². The molecule has 0 radical (unpaired) electrons. The van der Waals surface area contributed by atoms with E-state index >= 15 is 0 Å². The molecule has 0 aromatic carbocycles. The first kappa shape index (κ1) is 15.1. The second-order valence-electron chi connectivity index (χ2n) is 6.20. The number of hydrogen-bond donors (Lipinski definition) is 1. The molecule has 112 valence electrons. The Morgan fingerprint density at radius 1 is 1.35 bits per heavy atom. The van der Waals surface area contributed by atoms with Crippen molar-refractivity contribution in [2.24, 2.45) is 5.92 Å². The van der Waals surface area contributed by atoms with Crippen LogP contribution in [0.1, 0.15) is 58.9 Å². The minimum absolute atomic E-state index is 0.421. The van der Waals surface area contributed by atoms with Crippen molar-refractivity contribution >= 4 is 11.6 Å². The first-order valence-corrected chi connectivity index (χ1v) is 7.91. The van der Waals surface area contributed by atoms with Crippen molar-refractivity contribution in [3.8, 4) is 0 Å². The lowest BCUT2D eigenvalue weighted by Gasteiger charge is -2.40. The third-order valence-electron chi connectivity index (χ3n) is 4.43. The van der Waals surface area contributed by atoms with Crippen LogP contribution in [0.2, 0.25) is 0 Å². The average molecular weight is 276 g/mol. The molecule has 1 aliphatic heterocycles. The highest BCUT2D eigenvalue weighted by Crippen LogP contribution is 2.35. The van der Waals surface area contributed by atoms with Crippen LogP contribution in [0.4, 0.5) is 11.6 Å². The molecule has 4 nitrogen and oxygen atoms in total. The van der Waals surface area contributed by atoms with Gasteiger partial charge in [-0.15, -0.1) is 0 Å². The predicted octanol–water partition coefficient (Wildman–Crippen LogP) is 3.66. The summed E-state index contributed by atoms with van der Waals surface area (Å²) in [6.07, 6.45) is 4.27. The van der Waals surface area contributed by atoms with Crippen molar-refractivity contribution in [1.82, 2.24) is 9.97 Å². The van der Waals surface area contributed by atoms with Gasteiger partial charge in [-0.05, 0) is 38.5 Å². The molecule has 1 aromatic heterocycles. The number of aromatic nitrogens is 2. The monoisotopic (exact) mass is 276 g/mol. The van der Waals surface area contributed by atoms with Crippen LogP contribution in [-0.2, 0) is 0 Å². The van der Waals surface area contributed by atoms with Gasteiger partial charge >= 0.3 is 0 Å². The summed E-state index contributed by atoms with van der Waals surface area (Å²) in [4.78, 5) is 11.5. The van der Waals surface area contributed by atoms with Gasteiger partial charge in [0.05, 0.1) is 0 Å². The Morgan fingerprint density at radius 2 is 2.10 bits per heavy atom. The summed E-state index contributed by atoms with van der Waals surface area (Å²) in [5.74, 6) is 3.27. The zero-order chi connectivity index (χ0) is 14.7. The summed E-state index contributed by atoms with van der Waals surface area (Å²) in [7, 11) is 0. The van der Waals surface area contributed by atoms with E-state index in [2.05, 4.69) is 54.8 Å². The van der Waals surface area contributed by atoms with Crippen molar-refractivity contribution < 1.29 is 0 Å². The third kappa shape index (κ3) is 2.89. The molecule has 0 amide bonds. The summed E-state index contributed by atoms with van der Waals surface area (Å²) in [6, 6.07) is 0.547. The molecular formula is C16H28N4. The average Bonchev–Trinajstić information content (AvgIpc) is 2.42. The summed E-state index contributed by atoms with van der Waals surface area (Å²) >= 11 is 0. The van der Waals surface area contributed by atoms with Crippen LogP contribution < -0.4 is 10.2 Å². The Balaban J connectivity index is 2.42. The molecule has 1 aromatic rings. The molecule has 2 heterocycles. The first-order valence-electron chi connectivity index (χ1n) is 7.91. The van der Waals surface area contributed by atoms with Crippen LogP contribution in [0.3, 0.4) is 0 Å². The highest BCUT2D eigenvalue weighted by atomic mass is 15.2. The van der Waals surface area contributed by atoms with Crippen molar-refractivity contribution in [2.45, 2.75) is 59.4 Å². The topological polar surface area (TPSA) is 41.1 Å². The fourth-order valence-electron chi connectivity index (χ4n) is 3.09. The largest absolute Gasteiger partial charge is 0.370 e. The normalized spacial score (nSPS) is 23.2. The summed E-state index contributed by atoms with van der Waals surface area (Å²) < 4.78 is 0. The van der Waals surface area contributed by atoms with E-state index in [0.29, 0.717) is 12.0 Å². The lowest BCUT2D eigenvalue weighted by Crippen LogP contribution is -2.43. The summed E-state index contributed by atoms with van der Waals surface area (Å²) in [5, 5.41) is 3.39. The van der Waals surface area contributed by atoms with Crippen molar-refractivity contribution in [2.75, 3.05) is 23.3 Å². The van der Waals surface area contributed by atoms with Crippen LogP contribution in [0.15, 0.2) is 6.33 Å². The molecule has 1 aliphatic rings. The minimum Gasteiger partial charge on any atom is -0.370 e. The number of hydrogen-bond acceptors (Lipinski definition) is 4. The van der Waals surface area contributed by atoms with Gasteiger partial charge in [0.15, 0.2) is 0 Å². The molecule has 4 heteroatoms. The smallest absolute Gasteiger partial charge is 0.137 e. The quantitative estimate of drug-likeness (QED) is 0.911. The van der Waals surface area contributed by atoms with Gasteiger partial charge in [-0.3, -0.25) is 0 Å². The molecule has 0 spiro atoms. The van der Waals surface area contributed by atoms with E-state index in [4.69, 9.17) is 0 Å². The van der Waals surface area contributed by atoms with Gasteiger partial charge in [-0.1, -0.05) is 20.8 Å². The number of nitrogens with zero attached hydrogens (tertiary/aromatic N) is 3. The Morgan fingerprint density at radius 3 is 2.75 bits per heavy atom.